The molecule has 0 saturated heterocycles. The van der Waals surface area contributed by atoms with Gasteiger partial charge >= 0.3 is 0 Å². The molecule has 0 bridgehead atoms. The number of aryl methyl sites for hydroxylation is 1. The maximum Gasteiger partial charge on any atom is 0.196 e. The number of nitrogens with zero attached hydrogens (tertiary/aromatic N) is 4. The summed E-state index contributed by atoms with van der Waals surface area (Å²) < 4.78 is 10.2. The maximum absolute atomic E-state index is 13.2. The van der Waals surface area contributed by atoms with Crippen molar-refractivity contribution in [2.45, 2.75) is 37.9 Å². The molecule has 5 aromatic rings. The van der Waals surface area contributed by atoms with Gasteiger partial charge < -0.3 is 9.30 Å². The number of fused-ring (bicyclic) bond motifs is 1. The average Bonchev–Trinajstić information content (AvgIpc) is 3.49. The van der Waals surface area contributed by atoms with E-state index in [0.29, 0.717) is 16.9 Å². The summed E-state index contributed by atoms with van der Waals surface area (Å²) in [5.41, 5.74) is 3.95. The largest absolute Gasteiger partial charge is 0.483 e. The van der Waals surface area contributed by atoms with Crippen molar-refractivity contribution in [3.8, 4) is 11.4 Å². The molecule has 5 rings (SSSR count). The van der Waals surface area contributed by atoms with Gasteiger partial charge in [-0.1, -0.05) is 74.1 Å². The van der Waals surface area contributed by atoms with Gasteiger partial charge in [-0.25, -0.2) is 0 Å². The molecule has 0 saturated carbocycles. The molecule has 0 fully saturated rings. The Hall–Kier alpha value is -3.84. The van der Waals surface area contributed by atoms with Crippen LogP contribution in [0.3, 0.4) is 0 Å². The van der Waals surface area contributed by atoms with Gasteiger partial charge in [-0.05, 0) is 48.7 Å². The first-order chi connectivity index (χ1) is 17.9. The smallest absolute Gasteiger partial charge is 0.196 e. The summed E-state index contributed by atoms with van der Waals surface area (Å²) in [5, 5.41) is 10.6. The van der Waals surface area contributed by atoms with Crippen molar-refractivity contribution in [2.75, 3.05) is 5.75 Å². The van der Waals surface area contributed by atoms with E-state index in [1.54, 1.807) is 0 Å². The Morgan fingerprint density at radius 3 is 2.35 bits per heavy atom. The molecule has 37 heavy (non-hydrogen) atoms. The van der Waals surface area contributed by atoms with Crippen LogP contribution in [0.2, 0.25) is 0 Å². The normalized spacial score (nSPS) is 12.2. The fourth-order valence-electron chi connectivity index (χ4n) is 4.42. The number of para-hydroxylation sites is 2. The highest BCUT2D eigenvalue weighted by Gasteiger charge is 2.22. The van der Waals surface area contributed by atoms with Crippen LogP contribution >= 0.6 is 11.8 Å². The third-order valence-corrected chi connectivity index (χ3v) is 7.35. The molecule has 1 atom stereocenters. The molecule has 0 aliphatic carbocycles. The first-order valence-electron chi connectivity index (χ1n) is 12.4. The fraction of sp³-hybridized carbons (Fsp3) is 0.233. The van der Waals surface area contributed by atoms with E-state index in [9.17, 15) is 4.79 Å². The van der Waals surface area contributed by atoms with Crippen LogP contribution in [0.25, 0.3) is 16.6 Å². The first kappa shape index (κ1) is 24.8. The lowest BCUT2D eigenvalue weighted by molar-refractivity contribution is 0.102. The molecule has 0 spiro atoms. The van der Waals surface area contributed by atoms with Crippen LogP contribution < -0.4 is 4.74 Å². The molecule has 2 heterocycles. The lowest BCUT2D eigenvalue weighted by atomic mass is 10.0. The Morgan fingerprint density at radius 2 is 1.62 bits per heavy atom. The Kier molecular flexibility index (Phi) is 7.15. The number of rotatable bonds is 9. The van der Waals surface area contributed by atoms with Crippen molar-refractivity contribution in [1.29, 1.82) is 0 Å². The molecule has 0 aliphatic heterocycles. The summed E-state index contributed by atoms with van der Waals surface area (Å²) in [6.45, 7) is 6.31. The summed E-state index contributed by atoms with van der Waals surface area (Å²) in [6.07, 6.45) is 1.56. The summed E-state index contributed by atoms with van der Waals surface area (Å²) in [5.74, 6) is 2.23. The lowest BCUT2D eigenvalue weighted by Gasteiger charge is -2.17. The van der Waals surface area contributed by atoms with Crippen LogP contribution in [0.5, 0.6) is 5.75 Å². The highest BCUT2D eigenvalue weighted by atomic mass is 32.2. The lowest BCUT2D eigenvalue weighted by Crippen LogP contribution is -2.12. The third-order valence-electron chi connectivity index (χ3n) is 6.43. The Bertz CT molecular complexity index is 1520. The van der Waals surface area contributed by atoms with Crippen molar-refractivity contribution in [2.24, 2.45) is 7.05 Å². The Labute approximate surface area is 221 Å². The maximum atomic E-state index is 13.2. The van der Waals surface area contributed by atoms with Crippen molar-refractivity contribution in [1.82, 2.24) is 19.3 Å². The van der Waals surface area contributed by atoms with E-state index in [0.717, 1.165) is 27.9 Å². The molecule has 7 heteroatoms. The molecular formula is C30H30N4O2S. The van der Waals surface area contributed by atoms with Crippen LogP contribution in [0.1, 0.15) is 54.5 Å². The van der Waals surface area contributed by atoms with Gasteiger partial charge in [0.2, 0.25) is 0 Å². The van der Waals surface area contributed by atoms with Crippen molar-refractivity contribution in [3.05, 3.63) is 102 Å². The summed E-state index contributed by atoms with van der Waals surface area (Å²) >= 11 is 1.39. The van der Waals surface area contributed by atoms with Gasteiger partial charge in [-0.3, -0.25) is 9.36 Å². The predicted molar refractivity (Wildman–Crippen MR) is 149 cm³/mol. The molecule has 0 aliphatic rings. The van der Waals surface area contributed by atoms with Crippen LogP contribution in [0.15, 0.2) is 90.2 Å². The molecule has 6 nitrogen and oxygen atoms in total. The number of ketones is 1. The van der Waals surface area contributed by atoms with Crippen molar-refractivity contribution >= 4 is 28.4 Å². The summed E-state index contributed by atoms with van der Waals surface area (Å²) in [7, 11) is 1.96. The third kappa shape index (κ3) is 5.18. The van der Waals surface area contributed by atoms with E-state index in [1.807, 2.05) is 96.0 Å². The molecule has 2 aromatic heterocycles. The Balaban J connectivity index is 1.40. The monoisotopic (exact) mass is 510 g/mol. The van der Waals surface area contributed by atoms with Gasteiger partial charge in [0.05, 0.1) is 5.75 Å². The number of Topliss-reactive ketones (excluding diaryl/α,β-unsaturated/α-hetero) is 1. The Morgan fingerprint density at radius 1 is 0.919 bits per heavy atom. The quantitative estimate of drug-likeness (QED) is 0.158. The molecule has 0 N–H and O–H groups in total. The fourth-order valence-corrected chi connectivity index (χ4v) is 5.26. The minimum absolute atomic E-state index is 0.0560. The number of thioether (sulfide) groups is 1. The van der Waals surface area contributed by atoms with Crippen LogP contribution in [-0.4, -0.2) is 30.9 Å². The zero-order valence-electron chi connectivity index (χ0n) is 21.5. The van der Waals surface area contributed by atoms with Crippen LogP contribution in [-0.2, 0) is 7.05 Å². The van der Waals surface area contributed by atoms with E-state index in [4.69, 9.17) is 4.74 Å². The number of carbonyl (C=O) groups excluding carboxylic acids is 1. The minimum atomic E-state index is -0.347. The highest BCUT2D eigenvalue weighted by Crippen LogP contribution is 2.30. The number of carbonyl (C=O) groups is 1. The van der Waals surface area contributed by atoms with E-state index in [-0.39, 0.29) is 17.6 Å². The van der Waals surface area contributed by atoms with Crippen LogP contribution in [0, 0.1) is 0 Å². The second kappa shape index (κ2) is 10.6. The average molecular weight is 511 g/mol. The van der Waals surface area contributed by atoms with Crippen molar-refractivity contribution < 1.29 is 9.53 Å². The number of hydrogen-bond donors (Lipinski definition) is 0. The van der Waals surface area contributed by atoms with Gasteiger partial charge in [-0.15, -0.1) is 10.2 Å². The molecule has 1 unspecified atom stereocenters. The zero-order valence-corrected chi connectivity index (χ0v) is 22.3. The highest BCUT2D eigenvalue weighted by molar-refractivity contribution is 7.99. The van der Waals surface area contributed by atoms with E-state index in [2.05, 4.69) is 36.2 Å². The number of ether oxygens (including phenoxy) is 1. The van der Waals surface area contributed by atoms with Crippen molar-refractivity contribution in [3.63, 3.8) is 0 Å². The molecule has 3 aromatic carbocycles. The number of hydrogen-bond acceptors (Lipinski definition) is 5. The molecule has 0 amide bonds. The molecular weight excluding hydrogens is 480 g/mol. The van der Waals surface area contributed by atoms with Gasteiger partial charge in [0.25, 0.3) is 0 Å². The second-order valence-electron chi connectivity index (χ2n) is 9.38. The van der Waals surface area contributed by atoms with Gasteiger partial charge in [0, 0.05) is 35.4 Å². The summed E-state index contributed by atoms with van der Waals surface area (Å²) in [4.78, 5) is 13.2. The second-order valence-corrected chi connectivity index (χ2v) is 10.3. The number of benzene rings is 3. The number of aromatic nitrogens is 4. The predicted octanol–water partition coefficient (Wildman–Crippen LogP) is 7.00. The van der Waals surface area contributed by atoms with Crippen LogP contribution in [0.4, 0.5) is 0 Å². The van der Waals surface area contributed by atoms with E-state index >= 15 is 0 Å². The zero-order chi connectivity index (χ0) is 25.9. The van der Waals surface area contributed by atoms with E-state index < -0.39 is 0 Å². The summed E-state index contributed by atoms with van der Waals surface area (Å²) in [6, 6.07) is 26.1. The standard InChI is InChI=1S/C30H30N4O2S/c1-20(2)22-14-16-24(17-15-22)36-21(3)29-31-32-30(34(29)23-10-6-5-7-11-23)37-19-28(35)26-18-33(4)27-13-9-8-12-25(26)27/h5-18,20-21H,19H2,1-4H3. The van der Waals surface area contributed by atoms with Gasteiger partial charge in [-0.2, -0.15) is 0 Å². The SMILES string of the molecule is CC(C)c1ccc(OC(C)c2nnc(SCC(=O)c3cn(C)c4ccccc34)n2-c2ccccc2)cc1. The topological polar surface area (TPSA) is 61.9 Å². The first-order valence-corrected chi connectivity index (χ1v) is 13.4. The molecule has 0 radical (unpaired) electrons. The molecule has 188 valence electrons. The minimum Gasteiger partial charge on any atom is -0.483 e. The van der Waals surface area contributed by atoms with E-state index in [1.165, 1.54) is 17.3 Å². The van der Waals surface area contributed by atoms with Gasteiger partial charge in [0.1, 0.15) is 5.75 Å². The van der Waals surface area contributed by atoms with Gasteiger partial charge in [0.15, 0.2) is 22.9 Å².